The molecule has 0 saturated heterocycles. The van der Waals surface area contributed by atoms with Crippen molar-refractivity contribution >= 4 is 0 Å². The van der Waals surface area contributed by atoms with Crippen LogP contribution in [-0.2, 0) is 0 Å². The van der Waals surface area contributed by atoms with Crippen molar-refractivity contribution in [3.8, 4) is 34.0 Å². The molecule has 20 heavy (non-hydrogen) atoms. The monoisotopic (exact) mass is 267 g/mol. The van der Waals surface area contributed by atoms with Crippen molar-refractivity contribution in [2.24, 2.45) is 0 Å². The first-order valence-electron chi connectivity index (χ1n) is 6.07. The molecule has 3 aliphatic rings. The average Bonchev–Trinajstić information content (AvgIpc) is 2.95. The summed E-state index contributed by atoms with van der Waals surface area (Å²) in [6.45, 7) is 0.219. The van der Waals surface area contributed by atoms with Crippen molar-refractivity contribution in [3.05, 3.63) is 46.9 Å². The smallest absolute Gasteiger partial charge is 0.297 e. The predicted molar refractivity (Wildman–Crippen MR) is 70.8 cm³/mol. The van der Waals surface area contributed by atoms with Crippen molar-refractivity contribution < 1.29 is 9.47 Å². The van der Waals surface area contributed by atoms with Crippen LogP contribution < -0.4 is 15.0 Å². The minimum atomic E-state index is -0.346. The van der Waals surface area contributed by atoms with Crippen molar-refractivity contribution in [2.75, 3.05) is 6.79 Å². The Morgan fingerprint density at radius 2 is 2.00 bits per heavy atom. The Morgan fingerprint density at radius 1 is 1.10 bits per heavy atom. The van der Waals surface area contributed by atoms with Crippen LogP contribution in [0.5, 0.6) is 11.5 Å². The molecule has 0 spiro atoms. The van der Waals surface area contributed by atoms with Crippen molar-refractivity contribution in [1.82, 2.24) is 15.2 Å². The highest BCUT2D eigenvalue weighted by Gasteiger charge is 2.19. The third kappa shape index (κ3) is 1.55. The van der Waals surface area contributed by atoms with E-state index < -0.39 is 0 Å². The van der Waals surface area contributed by atoms with E-state index >= 15 is 0 Å². The lowest BCUT2D eigenvalue weighted by molar-refractivity contribution is 0.174. The summed E-state index contributed by atoms with van der Waals surface area (Å²) < 4.78 is 10.6. The molecule has 0 saturated carbocycles. The van der Waals surface area contributed by atoms with Gasteiger partial charge in [0, 0.05) is 11.8 Å². The first-order valence-corrected chi connectivity index (χ1v) is 6.07. The van der Waals surface area contributed by atoms with Crippen LogP contribution in [0.15, 0.2) is 41.3 Å². The van der Waals surface area contributed by atoms with Gasteiger partial charge in [0.05, 0.1) is 11.3 Å². The fraction of sp³-hybridized carbons (Fsp3) is 0.0714. The average molecular weight is 267 g/mol. The Labute approximate surface area is 113 Å². The van der Waals surface area contributed by atoms with Gasteiger partial charge in [-0.15, -0.1) is 10.2 Å². The zero-order valence-electron chi connectivity index (χ0n) is 10.3. The number of H-pyrrole nitrogens is 1. The van der Waals surface area contributed by atoms with Gasteiger partial charge in [-0.2, -0.15) is 0 Å². The number of pyridine rings is 1. The summed E-state index contributed by atoms with van der Waals surface area (Å²) in [4.78, 5) is 14.8. The highest BCUT2D eigenvalue weighted by atomic mass is 16.7. The molecule has 3 heterocycles. The van der Waals surface area contributed by atoms with Crippen LogP contribution in [0.25, 0.3) is 22.5 Å². The number of benzene rings is 1. The molecule has 98 valence electrons. The lowest BCUT2D eigenvalue weighted by atomic mass is 10.0. The maximum atomic E-state index is 11.7. The van der Waals surface area contributed by atoms with E-state index in [1.165, 1.54) is 0 Å². The third-order valence-corrected chi connectivity index (χ3v) is 3.21. The molecule has 6 nitrogen and oxygen atoms in total. The molecule has 0 unspecified atom stereocenters. The van der Waals surface area contributed by atoms with Gasteiger partial charge < -0.3 is 14.5 Å². The van der Waals surface area contributed by atoms with Gasteiger partial charge in [-0.1, -0.05) is 0 Å². The first kappa shape index (κ1) is 11.0. The van der Waals surface area contributed by atoms with Crippen molar-refractivity contribution in [2.45, 2.75) is 0 Å². The first-order chi connectivity index (χ1) is 9.83. The standard InChI is InChI=1S/C14H9N3O3/c18-14-9-2-1-5-15-13(9)12(16-17-14)8-3-4-10-11(6-8)20-7-19-10/h1-6,15H,7H2. The Kier molecular flexibility index (Phi) is 2.23. The molecule has 6 heteroatoms. The van der Waals surface area contributed by atoms with E-state index in [9.17, 15) is 4.79 Å². The topological polar surface area (TPSA) is 77.1 Å². The lowest BCUT2D eigenvalue weighted by Gasteiger charge is -2.09. The number of aromatic amines is 1. The number of ether oxygens (including phenoxy) is 2. The Morgan fingerprint density at radius 3 is 2.95 bits per heavy atom. The van der Waals surface area contributed by atoms with Crippen LogP contribution >= 0.6 is 0 Å². The molecule has 4 rings (SSSR count). The van der Waals surface area contributed by atoms with E-state index in [-0.39, 0.29) is 12.4 Å². The molecule has 3 aliphatic heterocycles. The van der Waals surface area contributed by atoms with Gasteiger partial charge >= 0.3 is 0 Å². The molecular weight excluding hydrogens is 258 g/mol. The molecule has 0 atom stereocenters. The highest BCUT2D eigenvalue weighted by molar-refractivity contribution is 5.78. The summed E-state index contributed by atoms with van der Waals surface area (Å²) >= 11 is 0. The molecule has 0 fully saturated rings. The maximum Gasteiger partial charge on any atom is 0.297 e. The number of fused-ring (bicyclic) bond motifs is 2. The van der Waals surface area contributed by atoms with Crippen LogP contribution in [0.1, 0.15) is 0 Å². The summed E-state index contributed by atoms with van der Waals surface area (Å²) in [5, 5.41) is 7.69. The Hall–Kier alpha value is -2.89. The van der Waals surface area contributed by atoms with E-state index in [1.807, 2.05) is 18.2 Å². The summed E-state index contributed by atoms with van der Waals surface area (Å²) in [5.41, 5.74) is 2.25. The van der Waals surface area contributed by atoms with Crippen LogP contribution in [-0.4, -0.2) is 22.0 Å². The van der Waals surface area contributed by atoms with Gasteiger partial charge in [-0.3, -0.25) is 4.79 Å². The normalized spacial score (nSPS) is 12.8. The van der Waals surface area contributed by atoms with E-state index in [0.717, 1.165) is 5.56 Å². The summed E-state index contributed by atoms with van der Waals surface area (Å²) in [7, 11) is 0. The lowest BCUT2D eigenvalue weighted by Crippen LogP contribution is -2.14. The molecule has 0 amide bonds. The number of hydrogen-bond donors (Lipinski definition) is 1. The second-order valence-corrected chi connectivity index (χ2v) is 4.38. The van der Waals surface area contributed by atoms with Gasteiger partial charge in [0.2, 0.25) is 6.79 Å². The van der Waals surface area contributed by atoms with E-state index in [0.29, 0.717) is 28.5 Å². The molecular formula is C14H9N3O3. The van der Waals surface area contributed by atoms with E-state index in [2.05, 4.69) is 15.2 Å². The molecule has 0 aromatic heterocycles. The fourth-order valence-electron chi connectivity index (χ4n) is 2.26. The summed E-state index contributed by atoms with van der Waals surface area (Å²) in [5.74, 6) is 1.37. The van der Waals surface area contributed by atoms with Gasteiger partial charge in [0.15, 0.2) is 11.5 Å². The SMILES string of the molecule is O=c1nnc(-c2ccc3c(c2)OCO3)c2[nH]cccc1-2. The maximum absolute atomic E-state index is 11.7. The molecule has 0 aliphatic carbocycles. The number of aromatic nitrogens is 3. The molecule has 1 aromatic carbocycles. The van der Waals surface area contributed by atoms with Crippen LogP contribution in [0, 0.1) is 0 Å². The second kappa shape index (κ2) is 4.06. The predicted octanol–water partition coefficient (Wildman–Crippen LogP) is 1.67. The minimum absolute atomic E-state index is 0.219. The summed E-state index contributed by atoms with van der Waals surface area (Å²) in [6.07, 6.45) is 1.75. The van der Waals surface area contributed by atoms with Gasteiger partial charge in [0.1, 0.15) is 5.69 Å². The fourth-order valence-corrected chi connectivity index (χ4v) is 2.26. The Bertz CT molecular complexity index is 828. The van der Waals surface area contributed by atoms with E-state index in [1.54, 1.807) is 18.3 Å². The highest BCUT2D eigenvalue weighted by Crippen LogP contribution is 2.37. The van der Waals surface area contributed by atoms with Gasteiger partial charge in [-0.25, -0.2) is 0 Å². The van der Waals surface area contributed by atoms with Gasteiger partial charge in [-0.05, 0) is 30.3 Å². The zero-order chi connectivity index (χ0) is 13.5. The number of hydrogen-bond acceptors (Lipinski definition) is 5. The third-order valence-electron chi connectivity index (χ3n) is 3.21. The van der Waals surface area contributed by atoms with E-state index in [4.69, 9.17) is 9.47 Å². The van der Waals surface area contributed by atoms with Gasteiger partial charge in [0.25, 0.3) is 5.56 Å². The van der Waals surface area contributed by atoms with Crippen LogP contribution in [0.4, 0.5) is 0 Å². The molecule has 0 radical (unpaired) electrons. The number of nitrogens with zero attached hydrogens (tertiary/aromatic N) is 2. The Balaban J connectivity index is 1.95. The molecule has 1 N–H and O–H groups in total. The quantitative estimate of drug-likeness (QED) is 0.725. The van der Waals surface area contributed by atoms with Crippen molar-refractivity contribution in [1.29, 1.82) is 0 Å². The molecule has 1 aromatic rings. The minimum Gasteiger partial charge on any atom is -0.454 e. The number of nitrogens with one attached hydrogen (secondary N) is 1. The molecule has 0 bridgehead atoms. The number of rotatable bonds is 1. The van der Waals surface area contributed by atoms with Crippen LogP contribution in [0.3, 0.4) is 0 Å². The van der Waals surface area contributed by atoms with Crippen molar-refractivity contribution in [3.63, 3.8) is 0 Å². The zero-order valence-corrected chi connectivity index (χ0v) is 10.3. The second-order valence-electron chi connectivity index (χ2n) is 4.38. The summed E-state index contributed by atoms with van der Waals surface area (Å²) in [6, 6.07) is 8.99. The van der Waals surface area contributed by atoms with Crippen LogP contribution in [0.2, 0.25) is 0 Å². The largest absolute Gasteiger partial charge is 0.454 e.